The van der Waals surface area contributed by atoms with Crippen molar-refractivity contribution in [1.29, 1.82) is 0 Å². The predicted molar refractivity (Wildman–Crippen MR) is 130 cm³/mol. The van der Waals surface area contributed by atoms with Crippen molar-refractivity contribution in [3.05, 3.63) is 119 Å². The summed E-state index contributed by atoms with van der Waals surface area (Å²) in [5.74, 6) is 1.40. The second kappa shape index (κ2) is 9.26. The number of carbonyl (C=O) groups is 1. The summed E-state index contributed by atoms with van der Waals surface area (Å²) in [6, 6.07) is 20.4. The van der Waals surface area contributed by atoms with E-state index in [9.17, 15) is 9.18 Å². The molecule has 1 N–H and O–H groups in total. The van der Waals surface area contributed by atoms with Gasteiger partial charge in [-0.05, 0) is 73.6 Å². The van der Waals surface area contributed by atoms with Gasteiger partial charge in [-0.15, -0.1) is 0 Å². The molecule has 4 nitrogen and oxygen atoms in total. The Labute approximate surface area is 198 Å². The van der Waals surface area contributed by atoms with E-state index in [1.165, 1.54) is 12.1 Å². The van der Waals surface area contributed by atoms with E-state index in [-0.39, 0.29) is 11.6 Å². The highest BCUT2D eigenvalue weighted by molar-refractivity contribution is 5.99. The van der Waals surface area contributed by atoms with E-state index >= 15 is 0 Å². The summed E-state index contributed by atoms with van der Waals surface area (Å²) in [5.41, 5.74) is 4.09. The van der Waals surface area contributed by atoms with Crippen molar-refractivity contribution in [2.24, 2.45) is 0 Å². The van der Waals surface area contributed by atoms with Gasteiger partial charge in [0.05, 0.1) is 0 Å². The first-order valence-electron chi connectivity index (χ1n) is 11.7. The average molecular weight is 455 g/mol. The van der Waals surface area contributed by atoms with Crippen molar-refractivity contribution in [1.82, 2.24) is 9.97 Å². The molecule has 172 valence electrons. The van der Waals surface area contributed by atoms with Gasteiger partial charge in [-0.2, -0.15) is 0 Å². The van der Waals surface area contributed by atoms with Crippen LogP contribution in [0.2, 0.25) is 0 Å². The number of ketones is 1. The van der Waals surface area contributed by atoms with Crippen LogP contribution >= 0.6 is 0 Å². The molecule has 0 spiro atoms. The number of aromatic nitrogens is 2. The van der Waals surface area contributed by atoms with Crippen LogP contribution in [0.15, 0.2) is 79.1 Å². The Morgan fingerprint density at radius 1 is 1.00 bits per heavy atom. The van der Waals surface area contributed by atoms with E-state index in [2.05, 4.69) is 9.97 Å². The Balaban J connectivity index is 1.57. The van der Waals surface area contributed by atoms with Gasteiger partial charge in [-0.3, -0.25) is 4.79 Å². The Morgan fingerprint density at radius 3 is 2.53 bits per heavy atom. The number of halogens is 1. The number of aryl methyl sites for hydroxylation is 1. The molecule has 0 amide bonds. The second-order valence-electron chi connectivity index (χ2n) is 8.91. The number of benzene rings is 3. The molecule has 1 atom stereocenters. The fourth-order valence-corrected chi connectivity index (χ4v) is 4.82. The van der Waals surface area contributed by atoms with Crippen LogP contribution in [-0.4, -0.2) is 15.8 Å². The third-order valence-electron chi connectivity index (χ3n) is 6.68. The highest BCUT2D eigenvalue weighted by Gasteiger charge is 2.35. The lowest BCUT2D eigenvalue weighted by atomic mass is 9.85. The summed E-state index contributed by atoms with van der Waals surface area (Å²) in [6.07, 6.45) is 7.21. The molecule has 0 unspecified atom stereocenters. The molecular weight excluding hydrogens is 427 g/mol. The van der Waals surface area contributed by atoms with Gasteiger partial charge in [0.15, 0.2) is 17.2 Å². The molecule has 0 radical (unpaired) electrons. The number of imidazole rings is 1. The van der Waals surface area contributed by atoms with Crippen molar-refractivity contribution in [2.45, 2.75) is 44.6 Å². The monoisotopic (exact) mass is 454 g/mol. The molecule has 1 aromatic heterocycles. The van der Waals surface area contributed by atoms with Gasteiger partial charge in [0, 0.05) is 29.9 Å². The van der Waals surface area contributed by atoms with E-state index < -0.39 is 5.60 Å². The van der Waals surface area contributed by atoms with Gasteiger partial charge < -0.3 is 9.72 Å². The summed E-state index contributed by atoms with van der Waals surface area (Å²) in [6.45, 7) is 2.01. The lowest BCUT2D eigenvalue weighted by Crippen LogP contribution is -2.33. The highest BCUT2D eigenvalue weighted by atomic mass is 19.1. The van der Waals surface area contributed by atoms with E-state index in [0.29, 0.717) is 18.7 Å². The zero-order chi connectivity index (χ0) is 23.5. The second-order valence-corrected chi connectivity index (χ2v) is 8.91. The van der Waals surface area contributed by atoms with Gasteiger partial charge in [0.1, 0.15) is 11.6 Å². The van der Waals surface area contributed by atoms with Crippen molar-refractivity contribution in [2.75, 3.05) is 0 Å². The number of hydrogen-bond acceptors (Lipinski definition) is 3. The zero-order valence-corrected chi connectivity index (χ0v) is 19.2. The standard InChI is InChI=1S/C29H27FN2O2/c1-29(28-31-18-19-32-28,21-6-3-2-4-7-21)34-27-17-16-24-23(8-5-9-26(24)33)25(27)15-12-20-10-13-22(30)14-11-20/h2-4,6-7,10-11,13-14,16-19H,5,8-9,12,15H2,1H3,(H,31,32)/t29-/m0/s1. The summed E-state index contributed by atoms with van der Waals surface area (Å²) in [5, 5.41) is 0. The van der Waals surface area contributed by atoms with Crippen LogP contribution in [0.1, 0.15) is 58.2 Å². The Kier molecular flexibility index (Phi) is 6.01. The van der Waals surface area contributed by atoms with Gasteiger partial charge in [0.2, 0.25) is 0 Å². The maximum Gasteiger partial charge on any atom is 0.188 e. The molecule has 0 saturated carbocycles. The van der Waals surface area contributed by atoms with Gasteiger partial charge in [0.25, 0.3) is 0 Å². The number of fused-ring (bicyclic) bond motifs is 1. The minimum atomic E-state index is -0.845. The van der Waals surface area contributed by atoms with Gasteiger partial charge in [-0.25, -0.2) is 9.37 Å². The van der Waals surface area contributed by atoms with E-state index in [4.69, 9.17) is 4.74 Å². The smallest absolute Gasteiger partial charge is 0.188 e. The van der Waals surface area contributed by atoms with Crippen LogP contribution in [0.4, 0.5) is 4.39 Å². The van der Waals surface area contributed by atoms with Crippen molar-refractivity contribution in [3.63, 3.8) is 0 Å². The lowest BCUT2D eigenvalue weighted by molar-refractivity contribution is 0.0971. The molecule has 0 aliphatic heterocycles. The molecule has 1 heterocycles. The molecule has 5 heteroatoms. The number of ether oxygens (including phenoxy) is 1. The van der Waals surface area contributed by atoms with Gasteiger partial charge >= 0.3 is 0 Å². The van der Waals surface area contributed by atoms with Crippen molar-refractivity contribution >= 4 is 5.78 Å². The topological polar surface area (TPSA) is 55.0 Å². The predicted octanol–water partition coefficient (Wildman–Crippen LogP) is 6.20. The van der Waals surface area contributed by atoms with Crippen LogP contribution in [0.3, 0.4) is 0 Å². The van der Waals surface area contributed by atoms with Crippen molar-refractivity contribution < 1.29 is 13.9 Å². The van der Waals surface area contributed by atoms with Gasteiger partial charge in [-0.1, -0.05) is 42.5 Å². The molecule has 3 aromatic carbocycles. The average Bonchev–Trinajstić information content (AvgIpc) is 3.41. The number of rotatable bonds is 7. The maximum atomic E-state index is 13.4. The first-order chi connectivity index (χ1) is 16.5. The Bertz CT molecular complexity index is 1280. The Hall–Kier alpha value is -3.73. The largest absolute Gasteiger partial charge is 0.475 e. The van der Waals surface area contributed by atoms with Crippen LogP contribution in [0.5, 0.6) is 5.75 Å². The molecule has 34 heavy (non-hydrogen) atoms. The number of hydrogen-bond donors (Lipinski definition) is 1. The molecule has 5 rings (SSSR count). The number of nitrogens with zero attached hydrogens (tertiary/aromatic N) is 1. The first-order valence-corrected chi connectivity index (χ1v) is 11.7. The van der Waals surface area contributed by atoms with E-state index in [1.54, 1.807) is 12.4 Å². The SMILES string of the molecule is C[C@](Oc1ccc2c(c1CCc1ccc(F)cc1)CCCC2=O)(c1ccccc1)c1ncc[nH]1. The highest BCUT2D eigenvalue weighted by Crippen LogP contribution is 2.38. The van der Waals surface area contributed by atoms with Crippen LogP contribution in [0, 0.1) is 5.82 Å². The molecule has 4 aromatic rings. The number of aromatic amines is 1. The molecule has 0 saturated heterocycles. The normalized spacial score (nSPS) is 14.9. The molecule has 0 fully saturated rings. The molecule has 0 bridgehead atoms. The number of Topliss-reactive ketones (excluding diaryl/α,β-unsaturated/α-hetero) is 1. The lowest BCUT2D eigenvalue weighted by Gasteiger charge is -2.32. The molecule has 1 aliphatic carbocycles. The van der Waals surface area contributed by atoms with Crippen LogP contribution in [0.25, 0.3) is 0 Å². The van der Waals surface area contributed by atoms with E-state index in [1.807, 2.05) is 61.5 Å². The molecule has 1 aliphatic rings. The summed E-state index contributed by atoms with van der Waals surface area (Å²) in [7, 11) is 0. The summed E-state index contributed by atoms with van der Waals surface area (Å²) >= 11 is 0. The van der Waals surface area contributed by atoms with Crippen LogP contribution in [-0.2, 0) is 24.9 Å². The third-order valence-corrected chi connectivity index (χ3v) is 6.68. The zero-order valence-electron chi connectivity index (χ0n) is 19.2. The molecular formula is C29H27FN2O2. The van der Waals surface area contributed by atoms with E-state index in [0.717, 1.165) is 52.8 Å². The number of H-pyrrole nitrogens is 1. The first kappa shape index (κ1) is 22.1. The Morgan fingerprint density at radius 2 is 1.79 bits per heavy atom. The third kappa shape index (κ3) is 4.26. The maximum absolute atomic E-state index is 13.4. The summed E-state index contributed by atoms with van der Waals surface area (Å²) in [4.78, 5) is 20.4. The fraction of sp³-hybridized carbons (Fsp3) is 0.241. The quantitative estimate of drug-likeness (QED) is 0.362. The number of carbonyl (C=O) groups excluding carboxylic acids is 1. The fourth-order valence-electron chi connectivity index (χ4n) is 4.82. The minimum absolute atomic E-state index is 0.188. The number of nitrogens with one attached hydrogen (secondary N) is 1. The van der Waals surface area contributed by atoms with Crippen molar-refractivity contribution in [3.8, 4) is 5.75 Å². The minimum Gasteiger partial charge on any atom is -0.475 e. The van der Waals surface area contributed by atoms with Crippen LogP contribution < -0.4 is 4.74 Å². The summed E-state index contributed by atoms with van der Waals surface area (Å²) < 4.78 is 20.2.